The van der Waals surface area contributed by atoms with Crippen molar-refractivity contribution in [1.29, 1.82) is 0 Å². The van der Waals surface area contributed by atoms with Gasteiger partial charge in [0.15, 0.2) is 0 Å². The molecule has 0 unspecified atom stereocenters. The molecule has 0 atom stereocenters. The molecule has 0 saturated heterocycles. The van der Waals surface area contributed by atoms with Gasteiger partial charge in [-0.05, 0) is 74.9 Å². The molecule has 0 aliphatic heterocycles. The number of rotatable bonds is 9. The minimum atomic E-state index is -0.682. The average molecular weight is 483 g/mol. The molecule has 0 aliphatic rings. The number of carbonyl (C=O) groups is 2. The van der Waals surface area contributed by atoms with Crippen LogP contribution in [-0.4, -0.2) is 47.1 Å². The predicted octanol–water partition coefficient (Wildman–Crippen LogP) is 5.30. The summed E-state index contributed by atoms with van der Waals surface area (Å²) in [5.74, 6) is -1.47. The lowest BCUT2D eigenvalue weighted by Gasteiger charge is -2.20. The van der Waals surface area contributed by atoms with Gasteiger partial charge in [0.1, 0.15) is 22.6 Å². The lowest BCUT2D eigenvalue weighted by molar-refractivity contribution is 0.0511. The van der Waals surface area contributed by atoms with Crippen molar-refractivity contribution >= 4 is 35.1 Å². The fraction of sp³-hybridized carbons (Fsp3) is 0.417. The smallest absolute Gasteiger partial charge is 0.342 e. The number of hydrogen-bond acceptors (Lipinski definition) is 6. The van der Waals surface area contributed by atoms with Crippen LogP contribution in [0.5, 0.6) is 11.5 Å². The molecule has 0 bridgehead atoms. The van der Waals surface area contributed by atoms with E-state index in [1.807, 2.05) is 0 Å². The molecule has 2 rings (SSSR count). The van der Waals surface area contributed by atoms with E-state index >= 15 is 0 Å². The lowest BCUT2D eigenvalue weighted by Crippen LogP contribution is -2.12. The summed E-state index contributed by atoms with van der Waals surface area (Å²) in [6.07, 6.45) is 0.859. The van der Waals surface area contributed by atoms with E-state index in [-0.39, 0.29) is 47.0 Å². The van der Waals surface area contributed by atoms with Gasteiger partial charge >= 0.3 is 11.9 Å². The minimum Gasteiger partial charge on any atom is -0.506 e. The molecule has 0 spiro atoms. The second kappa shape index (κ2) is 11.4. The number of aromatic hydroxyl groups is 2. The van der Waals surface area contributed by atoms with Crippen LogP contribution in [0.1, 0.15) is 56.8 Å². The van der Waals surface area contributed by atoms with E-state index in [2.05, 4.69) is 0 Å². The maximum absolute atomic E-state index is 12.6. The average Bonchev–Trinajstić information content (AvgIpc) is 2.73. The predicted molar refractivity (Wildman–Crippen MR) is 125 cm³/mol. The number of halogens is 2. The van der Waals surface area contributed by atoms with Crippen LogP contribution in [-0.2, 0) is 22.3 Å². The Labute approximate surface area is 198 Å². The van der Waals surface area contributed by atoms with Crippen LogP contribution >= 0.6 is 23.2 Å². The largest absolute Gasteiger partial charge is 0.506 e. The third-order valence-corrected chi connectivity index (χ3v) is 5.69. The first-order chi connectivity index (χ1) is 15.2. The van der Waals surface area contributed by atoms with Crippen molar-refractivity contribution in [2.45, 2.75) is 40.5 Å². The van der Waals surface area contributed by atoms with Gasteiger partial charge in [0, 0.05) is 22.9 Å². The van der Waals surface area contributed by atoms with Crippen LogP contribution in [0.2, 0.25) is 0 Å². The van der Waals surface area contributed by atoms with E-state index in [0.29, 0.717) is 46.9 Å². The fourth-order valence-corrected chi connectivity index (χ4v) is 4.09. The third kappa shape index (κ3) is 5.13. The minimum absolute atomic E-state index is 0.000944. The van der Waals surface area contributed by atoms with E-state index in [1.54, 1.807) is 39.8 Å². The van der Waals surface area contributed by atoms with Gasteiger partial charge in [-0.2, -0.15) is 0 Å². The number of aryl methyl sites for hydroxylation is 2. The molecule has 0 fully saturated rings. The summed E-state index contributed by atoms with van der Waals surface area (Å²) >= 11 is 11.9. The SMILES string of the molecule is CCOC(=O)c1c(C)c(CCCl)cc(-c2cc(CCCl)c(C)c(C(=O)OCC)c2O)c1O. The Morgan fingerprint density at radius 3 is 1.41 bits per heavy atom. The van der Waals surface area contributed by atoms with Crippen molar-refractivity contribution in [3.05, 3.63) is 45.5 Å². The second-order valence-electron chi connectivity index (χ2n) is 7.18. The van der Waals surface area contributed by atoms with E-state index in [4.69, 9.17) is 32.7 Å². The summed E-state index contributed by atoms with van der Waals surface area (Å²) in [5.41, 5.74) is 2.91. The second-order valence-corrected chi connectivity index (χ2v) is 7.94. The van der Waals surface area contributed by atoms with Crippen molar-refractivity contribution in [2.75, 3.05) is 25.0 Å². The number of carbonyl (C=O) groups excluding carboxylic acids is 2. The normalized spacial score (nSPS) is 10.8. The Balaban J connectivity index is 2.91. The van der Waals surface area contributed by atoms with Gasteiger partial charge in [-0.1, -0.05) is 0 Å². The first kappa shape index (κ1) is 25.8. The van der Waals surface area contributed by atoms with Crippen molar-refractivity contribution < 1.29 is 29.3 Å². The third-order valence-electron chi connectivity index (χ3n) is 5.31. The number of esters is 2. The molecule has 174 valence electrons. The highest BCUT2D eigenvalue weighted by Gasteiger charge is 2.27. The molecule has 2 aromatic rings. The lowest BCUT2D eigenvalue weighted by atomic mass is 9.88. The van der Waals surface area contributed by atoms with Crippen LogP contribution < -0.4 is 0 Å². The molecule has 0 amide bonds. The van der Waals surface area contributed by atoms with Gasteiger partial charge in [0.05, 0.1) is 13.2 Å². The van der Waals surface area contributed by atoms with E-state index in [9.17, 15) is 19.8 Å². The molecule has 0 saturated carbocycles. The Morgan fingerprint density at radius 1 is 0.781 bits per heavy atom. The fourth-order valence-electron chi connectivity index (χ4n) is 3.69. The summed E-state index contributed by atoms with van der Waals surface area (Å²) < 4.78 is 10.3. The van der Waals surface area contributed by atoms with Crippen LogP contribution in [0.3, 0.4) is 0 Å². The first-order valence-corrected chi connectivity index (χ1v) is 11.5. The number of phenolic OH excluding ortho intramolecular Hbond substituents is 2. The molecule has 0 heterocycles. The highest BCUT2D eigenvalue weighted by atomic mass is 35.5. The van der Waals surface area contributed by atoms with Gasteiger partial charge in [-0.3, -0.25) is 0 Å². The standard InChI is InChI=1S/C24H28Cl2O6/c1-5-31-23(29)19-13(3)15(7-9-25)11-17(21(19)27)18-12-16(8-10-26)14(4)20(22(18)28)24(30)32-6-2/h11-12,27-28H,5-10H2,1-4H3. The van der Waals surface area contributed by atoms with E-state index in [1.165, 1.54) is 0 Å². The van der Waals surface area contributed by atoms with Gasteiger partial charge in [-0.15, -0.1) is 23.2 Å². The van der Waals surface area contributed by atoms with E-state index < -0.39 is 11.9 Å². The topological polar surface area (TPSA) is 93.1 Å². The molecule has 32 heavy (non-hydrogen) atoms. The molecule has 8 heteroatoms. The Bertz CT molecular complexity index is 935. The van der Waals surface area contributed by atoms with Crippen molar-refractivity contribution in [2.24, 2.45) is 0 Å². The quantitative estimate of drug-likeness (QED) is 0.372. The number of hydrogen-bond donors (Lipinski definition) is 2. The van der Waals surface area contributed by atoms with Crippen molar-refractivity contribution in [1.82, 2.24) is 0 Å². The molecule has 0 aliphatic carbocycles. The summed E-state index contributed by atoms with van der Waals surface area (Å²) in [6, 6.07) is 3.33. The van der Waals surface area contributed by atoms with Crippen LogP contribution in [0, 0.1) is 13.8 Å². The van der Waals surface area contributed by atoms with Gasteiger partial charge in [0.25, 0.3) is 0 Å². The summed E-state index contributed by atoms with van der Waals surface area (Å²) in [7, 11) is 0. The van der Waals surface area contributed by atoms with Crippen LogP contribution in [0.15, 0.2) is 12.1 Å². The van der Waals surface area contributed by atoms with Crippen molar-refractivity contribution in [3.63, 3.8) is 0 Å². The Hall–Kier alpha value is -2.44. The first-order valence-electron chi connectivity index (χ1n) is 10.4. The Kier molecular flexibility index (Phi) is 9.22. The summed E-state index contributed by atoms with van der Waals surface area (Å²) in [6.45, 7) is 7.02. The molecule has 2 N–H and O–H groups in total. The van der Waals surface area contributed by atoms with Crippen molar-refractivity contribution in [3.8, 4) is 22.6 Å². The van der Waals surface area contributed by atoms with Gasteiger partial charge in [-0.25, -0.2) is 9.59 Å². The Morgan fingerprint density at radius 2 is 1.12 bits per heavy atom. The molecule has 0 aromatic heterocycles. The van der Waals surface area contributed by atoms with Crippen LogP contribution in [0.25, 0.3) is 11.1 Å². The number of alkyl halides is 2. The van der Waals surface area contributed by atoms with Crippen LogP contribution in [0.4, 0.5) is 0 Å². The maximum atomic E-state index is 12.6. The number of benzene rings is 2. The number of ether oxygens (including phenoxy) is 2. The zero-order valence-electron chi connectivity index (χ0n) is 18.7. The zero-order valence-corrected chi connectivity index (χ0v) is 20.2. The molecule has 2 aromatic carbocycles. The van der Waals surface area contributed by atoms with Gasteiger partial charge < -0.3 is 19.7 Å². The molecular weight excluding hydrogens is 455 g/mol. The molecular formula is C24H28Cl2O6. The molecule has 0 radical (unpaired) electrons. The zero-order chi connectivity index (χ0) is 24.0. The maximum Gasteiger partial charge on any atom is 0.342 e. The molecule has 6 nitrogen and oxygen atoms in total. The van der Waals surface area contributed by atoms with E-state index in [0.717, 1.165) is 0 Å². The summed E-state index contributed by atoms with van der Waals surface area (Å²) in [4.78, 5) is 25.3. The summed E-state index contributed by atoms with van der Waals surface area (Å²) in [5, 5.41) is 22.1. The van der Waals surface area contributed by atoms with Gasteiger partial charge in [0.2, 0.25) is 0 Å². The highest BCUT2D eigenvalue weighted by Crippen LogP contribution is 2.44. The monoisotopic (exact) mass is 482 g/mol. The number of phenols is 2. The highest BCUT2D eigenvalue weighted by molar-refractivity contribution is 6.18.